The average Bonchev–Trinajstić information content (AvgIpc) is 2.89. The molecule has 1 fully saturated rings. The summed E-state index contributed by atoms with van der Waals surface area (Å²) in [6.07, 6.45) is 5.20. The van der Waals surface area contributed by atoms with Crippen LogP contribution in [-0.4, -0.2) is 24.7 Å². The lowest BCUT2D eigenvalue weighted by molar-refractivity contribution is -0.122. The van der Waals surface area contributed by atoms with Gasteiger partial charge in [0.05, 0.1) is 18.8 Å². The van der Waals surface area contributed by atoms with Crippen LogP contribution in [0, 0.1) is 19.8 Å². The molecule has 0 bridgehead atoms. The first-order chi connectivity index (χ1) is 11.9. The number of hydrogen-bond acceptors (Lipinski definition) is 3. The molecule has 1 aliphatic rings. The molecular formula is C21H29NO3. The zero-order valence-electron chi connectivity index (χ0n) is 15.7. The highest BCUT2D eigenvalue weighted by atomic mass is 16.5. The Morgan fingerprint density at radius 2 is 2.04 bits per heavy atom. The topological polar surface area (TPSA) is 51.5 Å². The molecule has 4 nitrogen and oxygen atoms in total. The molecule has 1 aliphatic heterocycles. The maximum Gasteiger partial charge on any atom is 0.224 e. The number of furan rings is 1. The van der Waals surface area contributed by atoms with Crippen LogP contribution in [0.1, 0.15) is 49.8 Å². The van der Waals surface area contributed by atoms with E-state index in [1.165, 1.54) is 11.1 Å². The smallest absolute Gasteiger partial charge is 0.224 e. The van der Waals surface area contributed by atoms with Crippen molar-refractivity contribution in [3.8, 4) is 0 Å². The molecule has 1 aromatic carbocycles. The third kappa shape index (κ3) is 4.43. The number of nitrogens with one attached hydrogen (secondary N) is 1. The molecule has 0 spiro atoms. The Bertz CT molecular complexity index is 747. The second kappa shape index (κ2) is 7.61. The zero-order chi connectivity index (χ0) is 18.0. The first kappa shape index (κ1) is 18.0. The second-order valence-electron chi connectivity index (χ2n) is 7.78. The summed E-state index contributed by atoms with van der Waals surface area (Å²) in [5, 5.41) is 4.23. The van der Waals surface area contributed by atoms with Crippen LogP contribution in [0.25, 0.3) is 11.0 Å². The van der Waals surface area contributed by atoms with E-state index in [9.17, 15) is 4.79 Å². The maximum absolute atomic E-state index is 12.5. The maximum atomic E-state index is 12.5. The van der Waals surface area contributed by atoms with Crippen molar-refractivity contribution in [1.82, 2.24) is 5.32 Å². The van der Waals surface area contributed by atoms with Crippen molar-refractivity contribution in [3.63, 3.8) is 0 Å². The van der Waals surface area contributed by atoms with Gasteiger partial charge in [-0.3, -0.25) is 4.79 Å². The summed E-state index contributed by atoms with van der Waals surface area (Å²) in [5.41, 5.74) is 4.24. The van der Waals surface area contributed by atoms with Crippen molar-refractivity contribution < 1.29 is 13.9 Å². The van der Waals surface area contributed by atoms with Crippen LogP contribution < -0.4 is 5.32 Å². The fourth-order valence-corrected chi connectivity index (χ4v) is 3.63. The van der Waals surface area contributed by atoms with Crippen molar-refractivity contribution in [1.29, 1.82) is 0 Å². The minimum Gasteiger partial charge on any atom is -0.464 e. The lowest BCUT2D eigenvalue weighted by atomic mass is 9.96. The van der Waals surface area contributed by atoms with Crippen LogP contribution >= 0.6 is 0 Å². The molecule has 136 valence electrons. The van der Waals surface area contributed by atoms with E-state index in [0.717, 1.165) is 42.4 Å². The van der Waals surface area contributed by atoms with Gasteiger partial charge in [-0.25, -0.2) is 0 Å². The van der Waals surface area contributed by atoms with Crippen LogP contribution in [0.15, 0.2) is 22.8 Å². The quantitative estimate of drug-likeness (QED) is 0.880. The van der Waals surface area contributed by atoms with Crippen LogP contribution in [0.4, 0.5) is 0 Å². The Kier molecular flexibility index (Phi) is 5.48. The van der Waals surface area contributed by atoms with Crippen LogP contribution in [0.3, 0.4) is 0 Å². The summed E-state index contributed by atoms with van der Waals surface area (Å²) in [6.45, 7) is 9.30. The number of carbonyl (C=O) groups excluding carboxylic acids is 1. The predicted molar refractivity (Wildman–Crippen MR) is 99.8 cm³/mol. The molecule has 4 heteroatoms. The normalized spacial score (nSPS) is 21.0. The van der Waals surface area contributed by atoms with Crippen molar-refractivity contribution >= 4 is 16.9 Å². The highest BCUT2D eigenvalue weighted by molar-refractivity contribution is 5.88. The molecule has 0 saturated carbocycles. The van der Waals surface area contributed by atoms with Gasteiger partial charge in [0, 0.05) is 23.6 Å². The largest absolute Gasteiger partial charge is 0.464 e. The van der Waals surface area contributed by atoms with E-state index in [2.05, 4.69) is 39.1 Å². The van der Waals surface area contributed by atoms with E-state index in [1.54, 1.807) is 6.26 Å². The van der Waals surface area contributed by atoms with Crippen molar-refractivity contribution in [2.24, 2.45) is 5.92 Å². The summed E-state index contributed by atoms with van der Waals surface area (Å²) < 4.78 is 11.5. The van der Waals surface area contributed by atoms with E-state index in [0.29, 0.717) is 12.3 Å². The van der Waals surface area contributed by atoms with Gasteiger partial charge in [-0.1, -0.05) is 13.8 Å². The van der Waals surface area contributed by atoms with E-state index in [1.807, 2.05) is 6.07 Å². The number of fused-ring (bicyclic) bond motifs is 1. The number of hydrogen-bond donors (Lipinski definition) is 1. The Morgan fingerprint density at radius 3 is 2.80 bits per heavy atom. The Hall–Kier alpha value is -1.81. The molecule has 3 rings (SSSR count). The van der Waals surface area contributed by atoms with Crippen molar-refractivity contribution in [2.45, 2.75) is 65.5 Å². The van der Waals surface area contributed by atoms with Gasteiger partial charge >= 0.3 is 0 Å². The lowest BCUT2D eigenvalue weighted by Gasteiger charge is -2.31. The van der Waals surface area contributed by atoms with Gasteiger partial charge in [0.25, 0.3) is 0 Å². The molecule has 1 N–H and O–H groups in total. The van der Waals surface area contributed by atoms with Gasteiger partial charge < -0.3 is 14.5 Å². The molecule has 0 aliphatic carbocycles. The van der Waals surface area contributed by atoms with Crippen molar-refractivity contribution in [3.05, 3.63) is 35.1 Å². The molecule has 1 amide bonds. The minimum atomic E-state index is 0.0659. The van der Waals surface area contributed by atoms with Gasteiger partial charge in [-0.2, -0.15) is 0 Å². The van der Waals surface area contributed by atoms with E-state index >= 15 is 0 Å². The van der Waals surface area contributed by atoms with Crippen LogP contribution in [0.2, 0.25) is 0 Å². The van der Waals surface area contributed by atoms with Crippen LogP contribution in [0.5, 0.6) is 0 Å². The monoisotopic (exact) mass is 343 g/mol. The number of aryl methyl sites for hydroxylation is 2. The molecule has 25 heavy (non-hydrogen) atoms. The van der Waals surface area contributed by atoms with Crippen molar-refractivity contribution in [2.75, 3.05) is 6.61 Å². The average molecular weight is 343 g/mol. The van der Waals surface area contributed by atoms with Gasteiger partial charge in [-0.05, 0) is 62.3 Å². The van der Waals surface area contributed by atoms with E-state index in [4.69, 9.17) is 9.15 Å². The minimum absolute atomic E-state index is 0.0659. The van der Waals surface area contributed by atoms with Gasteiger partial charge in [-0.15, -0.1) is 0 Å². The fourth-order valence-electron chi connectivity index (χ4n) is 3.63. The first-order valence-corrected chi connectivity index (χ1v) is 9.30. The number of rotatable bonds is 5. The van der Waals surface area contributed by atoms with Gasteiger partial charge in [0.15, 0.2) is 0 Å². The Morgan fingerprint density at radius 1 is 1.28 bits per heavy atom. The first-order valence-electron chi connectivity index (χ1n) is 9.30. The van der Waals surface area contributed by atoms with Gasteiger partial charge in [0.2, 0.25) is 5.91 Å². The molecule has 0 unspecified atom stereocenters. The van der Waals surface area contributed by atoms with Gasteiger partial charge in [0.1, 0.15) is 5.58 Å². The SMILES string of the molecule is Cc1cc2occ(CC(=O)N[C@@H]3CCO[C@H](CC(C)C)C3)c2cc1C. The molecule has 2 heterocycles. The predicted octanol–water partition coefficient (Wildman–Crippen LogP) is 4.30. The molecule has 2 aromatic rings. The highest BCUT2D eigenvalue weighted by Crippen LogP contribution is 2.25. The third-order valence-corrected chi connectivity index (χ3v) is 5.09. The summed E-state index contributed by atoms with van der Waals surface area (Å²) in [5.74, 6) is 0.680. The van der Waals surface area contributed by atoms with E-state index in [-0.39, 0.29) is 18.1 Å². The molecule has 0 radical (unpaired) electrons. The molecule has 1 aromatic heterocycles. The summed E-state index contributed by atoms with van der Waals surface area (Å²) in [4.78, 5) is 12.5. The molecule has 2 atom stereocenters. The fraction of sp³-hybridized carbons (Fsp3) is 0.571. The van der Waals surface area contributed by atoms with Crippen LogP contribution in [-0.2, 0) is 16.0 Å². The highest BCUT2D eigenvalue weighted by Gasteiger charge is 2.24. The Balaban J connectivity index is 1.62. The second-order valence-corrected chi connectivity index (χ2v) is 7.78. The number of carbonyl (C=O) groups is 1. The number of ether oxygens (including phenoxy) is 1. The summed E-state index contributed by atoms with van der Waals surface area (Å²) in [7, 11) is 0. The molecular weight excluding hydrogens is 314 g/mol. The number of benzene rings is 1. The number of amides is 1. The third-order valence-electron chi connectivity index (χ3n) is 5.09. The zero-order valence-corrected chi connectivity index (χ0v) is 15.7. The molecule has 1 saturated heterocycles. The van der Waals surface area contributed by atoms with E-state index < -0.39 is 0 Å². The lowest BCUT2D eigenvalue weighted by Crippen LogP contribution is -2.42. The summed E-state index contributed by atoms with van der Waals surface area (Å²) in [6, 6.07) is 4.37. The Labute approximate surface area is 149 Å². The standard InChI is InChI=1S/C21H29NO3/c1-13(2)7-18-11-17(5-6-24-18)22-21(23)10-16-12-25-20-9-15(4)14(3)8-19(16)20/h8-9,12-13,17-18H,5-7,10-11H2,1-4H3,(H,22,23)/t17-,18-/m1/s1. The summed E-state index contributed by atoms with van der Waals surface area (Å²) >= 11 is 0.